The molecule has 0 saturated heterocycles. The van der Waals surface area contributed by atoms with Crippen LogP contribution in [0.25, 0.3) is 0 Å². The third kappa shape index (κ3) is 4.14. The van der Waals surface area contributed by atoms with Crippen LogP contribution in [0.5, 0.6) is 0 Å². The van der Waals surface area contributed by atoms with Crippen LogP contribution in [0.1, 0.15) is 37.7 Å². The second-order valence-corrected chi connectivity index (χ2v) is 6.88. The van der Waals surface area contributed by atoms with E-state index in [2.05, 4.69) is 11.4 Å². The zero-order chi connectivity index (χ0) is 16.9. The number of nitrogens with zero attached hydrogens (tertiary/aromatic N) is 1. The van der Waals surface area contributed by atoms with Crippen LogP contribution in [0.3, 0.4) is 0 Å². The Hall–Kier alpha value is -2.35. The predicted molar refractivity (Wildman–Crippen MR) is 88.9 cm³/mol. The molecule has 0 aromatic heterocycles. The SMILES string of the molecule is N#CCc1ccc(NC(=O)COC(=O)C[C@@H]2C[C@H]3CC[C@@H]2C3)cc1. The molecule has 0 heterocycles. The summed E-state index contributed by atoms with van der Waals surface area (Å²) in [6.07, 6.45) is 5.74. The van der Waals surface area contributed by atoms with Gasteiger partial charge in [-0.25, -0.2) is 0 Å². The van der Waals surface area contributed by atoms with Crippen LogP contribution in [-0.4, -0.2) is 18.5 Å². The smallest absolute Gasteiger partial charge is 0.306 e. The first-order valence-electron chi connectivity index (χ1n) is 8.55. The van der Waals surface area contributed by atoms with E-state index in [-0.39, 0.29) is 18.5 Å². The molecule has 3 atom stereocenters. The summed E-state index contributed by atoms with van der Waals surface area (Å²) in [4.78, 5) is 23.8. The number of anilines is 1. The molecule has 0 aliphatic heterocycles. The maximum Gasteiger partial charge on any atom is 0.306 e. The monoisotopic (exact) mass is 326 g/mol. The van der Waals surface area contributed by atoms with Gasteiger partial charge < -0.3 is 10.1 Å². The minimum absolute atomic E-state index is 0.250. The van der Waals surface area contributed by atoms with Gasteiger partial charge in [-0.1, -0.05) is 18.6 Å². The first-order valence-corrected chi connectivity index (χ1v) is 8.55. The molecule has 5 nitrogen and oxygen atoms in total. The van der Waals surface area contributed by atoms with Crippen LogP contribution in [0, 0.1) is 29.1 Å². The maximum atomic E-state index is 11.9. The molecule has 5 heteroatoms. The highest BCUT2D eigenvalue weighted by Crippen LogP contribution is 2.49. The van der Waals surface area contributed by atoms with Gasteiger partial charge in [0.1, 0.15) is 0 Å². The van der Waals surface area contributed by atoms with E-state index in [1.54, 1.807) is 24.3 Å². The highest BCUT2D eigenvalue weighted by molar-refractivity contribution is 5.92. The number of carbonyl (C=O) groups excluding carboxylic acids is 2. The van der Waals surface area contributed by atoms with E-state index in [0.29, 0.717) is 30.4 Å². The Morgan fingerprint density at radius 3 is 2.62 bits per heavy atom. The zero-order valence-electron chi connectivity index (χ0n) is 13.7. The van der Waals surface area contributed by atoms with Gasteiger partial charge in [-0.05, 0) is 54.7 Å². The molecule has 24 heavy (non-hydrogen) atoms. The van der Waals surface area contributed by atoms with Crippen molar-refractivity contribution in [2.75, 3.05) is 11.9 Å². The number of benzene rings is 1. The molecule has 0 spiro atoms. The minimum Gasteiger partial charge on any atom is -0.456 e. The summed E-state index contributed by atoms with van der Waals surface area (Å²) in [5.41, 5.74) is 1.53. The lowest BCUT2D eigenvalue weighted by molar-refractivity contribution is -0.148. The molecule has 2 fully saturated rings. The van der Waals surface area contributed by atoms with E-state index in [0.717, 1.165) is 17.9 Å². The van der Waals surface area contributed by atoms with Gasteiger partial charge in [0.2, 0.25) is 0 Å². The average Bonchev–Trinajstić information content (AvgIpc) is 3.18. The molecule has 0 unspecified atom stereocenters. The third-order valence-corrected chi connectivity index (χ3v) is 5.20. The molecule has 1 aromatic rings. The Kier molecular flexibility index (Phi) is 5.14. The summed E-state index contributed by atoms with van der Waals surface area (Å²) in [5.74, 6) is 1.33. The highest BCUT2D eigenvalue weighted by atomic mass is 16.5. The summed E-state index contributed by atoms with van der Waals surface area (Å²) in [6, 6.07) is 9.13. The van der Waals surface area contributed by atoms with Crippen molar-refractivity contribution in [3.05, 3.63) is 29.8 Å². The molecule has 1 N–H and O–H groups in total. The van der Waals surface area contributed by atoms with Crippen molar-refractivity contribution in [1.82, 2.24) is 0 Å². The van der Waals surface area contributed by atoms with E-state index in [9.17, 15) is 9.59 Å². The van der Waals surface area contributed by atoms with Crippen LogP contribution in [0.4, 0.5) is 5.69 Å². The predicted octanol–water partition coefficient (Wildman–Crippen LogP) is 3.06. The number of carbonyl (C=O) groups is 2. The minimum atomic E-state index is -0.343. The lowest BCUT2D eigenvalue weighted by Crippen LogP contribution is -2.23. The molecule has 2 aliphatic rings. The Bertz CT molecular complexity index is 648. The molecular weight excluding hydrogens is 304 g/mol. The number of hydrogen-bond donors (Lipinski definition) is 1. The fourth-order valence-corrected chi connectivity index (χ4v) is 4.04. The van der Waals surface area contributed by atoms with Gasteiger partial charge in [0.25, 0.3) is 5.91 Å². The number of rotatable bonds is 6. The van der Waals surface area contributed by atoms with E-state index < -0.39 is 0 Å². The van der Waals surface area contributed by atoms with Crippen molar-refractivity contribution in [3.8, 4) is 6.07 Å². The second kappa shape index (κ2) is 7.48. The van der Waals surface area contributed by atoms with E-state index in [4.69, 9.17) is 10.00 Å². The first-order chi connectivity index (χ1) is 11.6. The normalized spacial score (nSPS) is 24.4. The van der Waals surface area contributed by atoms with Crippen molar-refractivity contribution >= 4 is 17.6 Å². The highest BCUT2D eigenvalue weighted by Gasteiger charge is 2.40. The van der Waals surface area contributed by atoms with Gasteiger partial charge in [-0.3, -0.25) is 9.59 Å². The van der Waals surface area contributed by atoms with Gasteiger partial charge in [-0.15, -0.1) is 0 Å². The van der Waals surface area contributed by atoms with Crippen molar-refractivity contribution in [2.45, 2.75) is 38.5 Å². The van der Waals surface area contributed by atoms with Crippen LogP contribution >= 0.6 is 0 Å². The Labute approximate surface area is 142 Å². The number of amides is 1. The number of nitriles is 1. The fourth-order valence-electron chi connectivity index (χ4n) is 4.04. The molecule has 2 aliphatic carbocycles. The summed E-state index contributed by atoms with van der Waals surface area (Å²) >= 11 is 0. The van der Waals surface area contributed by atoms with Gasteiger partial charge in [-0.2, -0.15) is 5.26 Å². The fraction of sp³-hybridized carbons (Fsp3) is 0.526. The van der Waals surface area contributed by atoms with Gasteiger partial charge >= 0.3 is 5.97 Å². The van der Waals surface area contributed by atoms with Crippen molar-refractivity contribution in [1.29, 1.82) is 5.26 Å². The number of nitrogens with one attached hydrogen (secondary N) is 1. The molecule has 2 saturated carbocycles. The third-order valence-electron chi connectivity index (χ3n) is 5.20. The first kappa shape index (κ1) is 16.5. The molecule has 3 rings (SSSR count). The van der Waals surface area contributed by atoms with Crippen molar-refractivity contribution in [2.24, 2.45) is 17.8 Å². The molecule has 2 bridgehead atoms. The zero-order valence-corrected chi connectivity index (χ0v) is 13.7. The quantitative estimate of drug-likeness (QED) is 0.815. The van der Waals surface area contributed by atoms with E-state index in [1.165, 1.54) is 19.3 Å². The molecule has 126 valence electrons. The standard InChI is InChI=1S/C19H22N2O3/c20-8-7-13-2-5-17(6-3-13)21-18(22)12-24-19(23)11-16-10-14-1-4-15(16)9-14/h2-3,5-6,14-16H,1,4,7,9-12H2,(H,21,22)/t14-,15+,16-/m0/s1. The Balaban J connectivity index is 1.39. The van der Waals surface area contributed by atoms with E-state index >= 15 is 0 Å². The average molecular weight is 326 g/mol. The lowest BCUT2D eigenvalue weighted by Gasteiger charge is -2.20. The number of hydrogen-bond acceptors (Lipinski definition) is 4. The molecule has 1 amide bonds. The topological polar surface area (TPSA) is 79.2 Å². The summed E-state index contributed by atoms with van der Waals surface area (Å²) in [7, 11) is 0. The van der Waals surface area contributed by atoms with Crippen LogP contribution in [-0.2, 0) is 20.7 Å². The van der Waals surface area contributed by atoms with Crippen molar-refractivity contribution < 1.29 is 14.3 Å². The number of ether oxygens (including phenoxy) is 1. The van der Waals surface area contributed by atoms with Gasteiger partial charge in [0.15, 0.2) is 6.61 Å². The Morgan fingerprint density at radius 1 is 1.21 bits per heavy atom. The maximum absolute atomic E-state index is 11.9. The lowest BCUT2D eigenvalue weighted by atomic mass is 9.86. The summed E-state index contributed by atoms with van der Waals surface area (Å²) < 4.78 is 5.11. The molecular formula is C19H22N2O3. The van der Waals surface area contributed by atoms with Gasteiger partial charge in [0, 0.05) is 12.1 Å². The van der Waals surface area contributed by atoms with Crippen molar-refractivity contribution in [3.63, 3.8) is 0 Å². The number of fused-ring (bicyclic) bond motifs is 2. The largest absolute Gasteiger partial charge is 0.456 e. The van der Waals surface area contributed by atoms with E-state index in [1.807, 2.05) is 0 Å². The Morgan fingerprint density at radius 2 is 2.00 bits per heavy atom. The van der Waals surface area contributed by atoms with Crippen LogP contribution in [0.15, 0.2) is 24.3 Å². The summed E-state index contributed by atoms with van der Waals surface area (Å²) in [6.45, 7) is -0.250. The van der Waals surface area contributed by atoms with Crippen LogP contribution < -0.4 is 5.32 Å². The number of esters is 1. The van der Waals surface area contributed by atoms with Gasteiger partial charge in [0.05, 0.1) is 12.5 Å². The second-order valence-electron chi connectivity index (χ2n) is 6.88. The van der Waals surface area contributed by atoms with Crippen LogP contribution in [0.2, 0.25) is 0 Å². The molecule has 1 aromatic carbocycles. The molecule has 0 radical (unpaired) electrons. The summed E-state index contributed by atoms with van der Waals surface area (Å²) in [5, 5.41) is 11.3.